The van der Waals surface area contributed by atoms with Crippen LogP contribution in [0.15, 0.2) is 82.0 Å². The van der Waals surface area contributed by atoms with Crippen molar-refractivity contribution in [2.45, 2.75) is 37.6 Å². The number of fused-ring (bicyclic) bond motifs is 6. The fourth-order valence-electron chi connectivity index (χ4n) is 6.13. The third kappa shape index (κ3) is 6.85. The van der Waals surface area contributed by atoms with Crippen molar-refractivity contribution in [2.75, 3.05) is 13.2 Å². The molecule has 2 aliphatic rings. The first-order chi connectivity index (χ1) is 24.9. The van der Waals surface area contributed by atoms with Gasteiger partial charge in [-0.1, -0.05) is 36.4 Å². The molecule has 18 heteroatoms. The molecule has 0 saturated carbocycles. The van der Waals surface area contributed by atoms with Crippen LogP contribution in [0.2, 0.25) is 0 Å². The van der Waals surface area contributed by atoms with Crippen molar-refractivity contribution in [3.8, 4) is 11.5 Å². The second kappa shape index (κ2) is 14.7. The maximum atomic E-state index is 13.8. The number of ether oxygens (including phenoxy) is 4. The minimum atomic E-state index is -2.99. The molecule has 272 valence electrons. The van der Waals surface area contributed by atoms with Crippen LogP contribution in [0.25, 0.3) is 11.3 Å². The number of benzene rings is 2. The van der Waals surface area contributed by atoms with Gasteiger partial charge in [0, 0.05) is 35.7 Å². The Hall–Kier alpha value is -4.20. The predicted octanol–water partition coefficient (Wildman–Crippen LogP) is 7.98. The van der Waals surface area contributed by atoms with Gasteiger partial charge in [-0.3, -0.25) is 8.80 Å². The number of hydrogen-bond donors (Lipinski definition) is 2. The van der Waals surface area contributed by atoms with Gasteiger partial charge >= 0.3 is 13.2 Å². The van der Waals surface area contributed by atoms with Crippen molar-refractivity contribution in [2.24, 2.45) is 0 Å². The monoisotopic (exact) mass is 856 g/mol. The van der Waals surface area contributed by atoms with Crippen LogP contribution in [-0.4, -0.2) is 55.4 Å². The van der Waals surface area contributed by atoms with Crippen LogP contribution in [0.4, 0.5) is 26.3 Å². The highest BCUT2D eigenvalue weighted by atomic mass is 79.9. The van der Waals surface area contributed by atoms with E-state index in [1.165, 1.54) is 36.7 Å². The van der Waals surface area contributed by atoms with E-state index in [-0.39, 0.29) is 45.0 Å². The van der Waals surface area contributed by atoms with Crippen LogP contribution < -0.4 is 9.47 Å². The highest BCUT2D eigenvalue weighted by Crippen LogP contribution is 2.43. The smallest absolute Gasteiger partial charge is 0.387 e. The van der Waals surface area contributed by atoms with Crippen molar-refractivity contribution in [3.63, 3.8) is 0 Å². The lowest BCUT2D eigenvalue weighted by atomic mass is 9.99. The van der Waals surface area contributed by atoms with Gasteiger partial charge in [0.1, 0.15) is 58.8 Å². The van der Waals surface area contributed by atoms with Gasteiger partial charge in [-0.2, -0.15) is 17.6 Å². The fourth-order valence-corrected chi connectivity index (χ4v) is 6.77. The summed E-state index contributed by atoms with van der Waals surface area (Å²) in [4.78, 5) is 8.57. The molecule has 0 unspecified atom stereocenters. The molecule has 2 N–H and O–H groups in total. The molecule has 8 rings (SSSR count). The van der Waals surface area contributed by atoms with E-state index in [4.69, 9.17) is 9.47 Å². The summed E-state index contributed by atoms with van der Waals surface area (Å²) < 4.78 is 103. The van der Waals surface area contributed by atoms with E-state index >= 15 is 0 Å². The second-order valence-electron chi connectivity index (χ2n) is 11.5. The number of hydrogen-bond acceptors (Lipinski definition) is 8. The SMILES string of the molecule is O[C@@H]1CO[C@@H](c2ccccc2OC(F)F)c2c1nc1cc(F)c(Br)cn21.O[C@@H]1CO[C@H](c2ccccc2OC(F)F)c2c1nc1cc(F)c(Br)cn21. The van der Waals surface area contributed by atoms with E-state index in [9.17, 15) is 36.6 Å². The topological polar surface area (TPSA) is 112 Å². The number of halogens is 8. The number of nitrogens with zero attached hydrogens (tertiary/aromatic N) is 4. The Labute approximate surface area is 306 Å². The van der Waals surface area contributed by atoms with Crippen LogP contribution in [0.5, 0.6) is 11.5 Å². The van der Waals surface area contributed by atoms with E-state index in [2.05, 4.69) is 51.3 Å². The molecule has 0 spiro atoms. The average Bonchev–Trinajstić information content (AvgIpc) is 3.66. The minimum absolute atomic E-state index is 0.0361. The summed E-state index contributed by atoms with van der Waals surface area (Å²) in [6.07, 6.45) is -0.716. The van der Waals surface area contributed by atoms with Gasteiger partial charge in [0.25, 0.3) is 0 Å². The predicted molar refractivity (Wildman–Crippen MR) is 177 cm³/mol. The van der Waals surface area contributed by atoms with Gasteiger partial charge < -0.3 is 29.2 Å². The molecule has 2 aliphatic heterocycles. The summed E-state index contributed by atoms with van der Waals surface area (Å²) in [6.45, 7) is -6.13. The zero-order valence-electron chi connectivity index (χ0n) is 26.1. The molecule has 10 nitrogen and oxygen atoms in total. The Morgan fingerprint density at radius 2 is 1.06 bits per heavy atom. The third-order valence-electron chi connectivity index (χ3n) is 8.26. The summed E-state index contributed by atoms with van der Waals surface area (Å²) in [5, 5.41) is 20.4. The number of aromatic nitrogens is 4. The summed E-state index contributed by atoms with van der Waals surface area (Å²) >= 11 is 6.23. The molecule has 0 fully saturated rings. The van der Waals surface area contributed by atoms with Crippen molar-refractivity contribution in [1.82, 2.24) is 18.8 Å². The standard InChI is InChI=1S/2C17H12BrF3N2O3/c2*18-9-6-23-13(5-10(9)19)22-14-11(24)7-25-16(15(14)23)8-3-1-2-4-12(8)26-17(20)21/h2*1-6,11,16-17,24H,7H2/t11-,16+;11-,16-/m11/s1. The molecule has 0 bridgehead atoms. The van der Waals surface area contributed by atoms with Gasteiger partial charge in [-0.25, -0.2) is 18.7 Å². The Morgan fingerprint density at radius 1 is 0.673 bits per heavy atom. The molecule has 0 saturated heterocycles. The zero-order chi connectivity index (χ0) is 36.8. The van der Waals surface area contributed by atoms with Gasteiger partial charge in [0.2, 0.25) is 0 Å². The number of aliphatic hydroxyl groups excluding tert-OH is 2. The Morgan fingerprint density at radius 3 is 1.44 bits per heavy atom. The Kier molecular flexibility index (Phi) is 10.2. The molecular formula is C34H24Br2F6N4O6. The van der Waals surface area contributed by atoms with Crippen molar-refractivity contribution in [1.29, 1.82) is 0 Å². The molecule has 6 aromatic rings. The van der Waals surface area contributed by atoms with Crippen LogP contribution in [0, 0.1) is 11.6 Å². The Bertz CT molecular complexity index is 2120. The lowest BCUT2D eigenvalue weighted by Crippen LogP contribution is -2.23. The number of aliphatic hydroxyl groups is 2. The minimum Gasteiger partial charge on any atom is -0.434 e. The maximum Gasteiger partial charge on any atom is 0.387 e. The van der Waals surface area contributed by atoms with Crippen LogP contribution in [0.1, 0.15) is 58.3 Å². The number of rotatable bonds is 6. The van der Waals surface area contributed by atoms with Crippen molar-refractivity contribution < 1.29 is 55.5 Å². The first-order valence-electron chi connectivity index (χ1n) is 15.3. The molecule has 0 radical (unpaired) electrons. The number of para-hydroxylation sites is 2. The lowest BCUT2D eigenvalue weighted by Gasteiger charge is -2.27. The van der Waals surface area contributed by atoms with E-state index in [1.54, 1.807) is 45.2 Å². The zero-order valence-corrected chi connectivity index (χ0v) is 29.3. The number of pyridine rings is 2. The molecule has 4 aromatic heterocycles. The molecular weight excluding hydrogens is 834 g/mol. The van der Waals surface area contributed by atoms with E-state index in [1.807, 2.05) is 0 Å². The van der Waals surface area contributed by atoms with Crippen LogP contribution in [0.3, 0.4) is 0 Å². The quantitative estimate of drug-likeness (QED) is 0.162. The van der Waals surface area contributed by atoms with Crippen LogP contribution in [-0.2, 0) is 9.47 Å². The second-order valence-corrected chi connectivity index (χ2v) is 13.2. The molecule has 0 aliphatic carbocycles. The fraction of sp³-hybridized carbons (Fsp3) is 0.235. The largest absolute Gasteiger partial charge is 0.434 e. The van der Waals surface area contributed by atoms with Gasteiger partial charge in [0.15, 0.2) is 0 Å². The Balaban J connectivity index is 0.000000162. The average molecular weight is 858 g/mol. The molecule has 6 heterocycles. The normalized spacial score (nSPS) is 19.8. The number of imidazole rings is 2. The van der Waals surface area contributed by atoms with E-state index in [0.717, 1.165) is 0 Å². The highest BCUT2D eigenvalue weighted by Gasteiger charge is 2.36. The summed E-state index contributed by atoms with van der Waals surface area (Å²) in [6, 6.07) is 14.9. The van der Waals surface area contributed by atoms with E-state index < -0.39 is 49.3 Å². The highest BCUT2D eigenvalue weighted by molar-refractivity contribution is 9.10. The summed E-state index contributed by atoms with van der Waals surface area (Å²) in [5.74, 6) is -1.08. The molecule has 0 amide bonds. The van der Waals surface area contributed by atoms with Gasteiger partial charge in [-0.05, 0) is 44.0 Å². The summed E-state index contributed by atoms with van der Waals surface area (Å²) in [5.41, 5.74) is 2.77. The maximum absolute atomic E-state index is 13.8. The first kappa shape index (κ1) is 36.2. The number of alkyl halides is 4. The molecule has 4 atom stereocenters. The first-order valence-corrected chi connectivity index (χ1v) is 16.9. The van der Waals surface area contributed by atoms with Crippen LogP contribution >= 0.6 is 31.9 Å². The van der Waals surface area contributed by atoms with Gasteiger partial charge in [0.05, 0.1) is 44.9 Å². The molecule has 2 aromatic carbocycles. The van der Waals surface area contributed by atoms with Crippen molar-refractivity contribution in [3.05, 3.63) is 128 Å². The van der Waals surface area contributed by atoms with Crippen molar-refractivity contribution >= 4 is 43.2 Å². The van der Waals surface area contributed by atoms with E-state index in [0.29, 0.717) is 33.9 Å². The third-order valence-corrected chi connectivity index (χ3v) is 9.43. The van der Waals surface area contributed by atoms with Gasteiger partial charge in [-0.15, -0.1) is 0 Å². The molecule has 52 heavy (non-hydrogen) atoms. The lowest BCUT2D eigenvalue weighted by molar-refractivity contribution is -0.0554. The summed E-state index contributed by atoms with van der Waals surface area (Å²) in [7, 11) is 0.